The van der Waals surface area contributed by atoms with Crippen LogP contribution in [-0.2, 0) is 6.42 Å². The van der Waals surface area contributed by atoms with Crippen LogP contribution in [0.2, 0.25) is 0 Å². The maximum Gasteiger partial charge on any atom is 0.179 e. The Bertz CT molecular complexity index is 751. The zero-order valence-electron chi connectivity index (χ0n) is 12.2. The second kappa shape index (κ2) is 5.83. The zero-order valence-corrected chi connectivity index (χ0v) is 12.2. The van der Waals surface area contributed by atoms with Gasteiger partial charge in [0.15, 0.2) is 5.65 Å². The number of hydrogen-bond acceptors (Lipinski definition) is 4. The molecule has 0 amide bonds. The molecule has 3 aromatic rings. The summed E-state index contributed by atoms with van der Waals surface area (Å²) in [6.45, 7) is 2.64. The summed E-state index contributed by atoms with van der Waals surface area (Å²) in [5.41, 5.74) is 2.87. The lowest BCUT2D eigenvalue weighted by molar-refractivity contribution is 0.319. The molecular formula is C16H18N4O. The van der Waals surface area contributed by atoms with Gasteiger partial charge in [0.2, 0.25) is 0 Å². The quantitative estimate of drug-likeness (QED) is 0.755. The summed E-state index contributed by atoms with van der Waals surface area (Å²) in [4.78, 5) is 12.1. The number of fused-ring (bicyclic) bond motifs is 1. The number of pyridine rings is 1. The number of aromatic nitrogens is 3. The summed E-state index contributed by atoms with van der Waals surface area (Å²) in [6.07, 6.45) is 0.721. The van der Waals surface area contributed by atoms with Gasteiger partial charge in [-0.05, 0) is 36.8 Å². The van der Waals surface area contributed by atoms with E-state index in [-0.39, 0.29) is 0 Å². The van der Waals surface area contributed by atoms with Crippen molar-refractivity contribution in [2.45, 2.75) is 13.3 Å². The molecule has 0 saturated carbocycles. The van der Waals surface area contributed by atoms with Crippen LogP contribution in [0.4, 0.5) is 5.82 Å². The standard InChI is InChI=1S/C16H18N4O/c1-11-4-3-5-12(10-11)21-9-8-15-18-13-6-7-14(17-2)19-16(13)20-15/h3-7,10H,8-9H2,1-2H3,(H2,17,18,19,20). The van der Waals surface area contributed by atoms with Gasteiger partial charge in [-0.2, -0.15) is 0 Å². The van der Waals surface area contributed by atoms with Crippen molar-refractivity contribution in [1.29, 1.82) is 0 Å². The second-order valence-corrected chi connectivity index (χ2v) is 4.92. The van der Waals surface area contributed by atoms with E-state index in [4.69, 9.17) is 4.74 Å². The predicted octanol–water partition coefficient (Wildman–Crippen LogP) is 2.93. The Hall–Kier alpha value is -2.56. The first kappa shape index (κ1) is 13.4. The Balaban J connectivity index is 1.65. The summed E-state index contributed by atoms with van der Waals surface area (Å²) < 4.78 is 5.74. The molecule has 0 atom stereocenters. The van der Waals surface area contributed by atoms with Gasteiger partial charge in [0.05, 0.1) is 12.1 Å². The van der Waals surface area contributed by atoms with Gasteiger partial charge in [0.25, 0.3) is 0 Å². The molecule has 3 rings (SSSR count). The van der Waals surface area contributed by atoms with Gasteiger partial charge >= 0.3 is 0 Å². The molecule has 0 unspecified atom stereocenters. The van der Waals surface area contributed by atoms with Gasteiger partial charge in [0, 0.05) is 13.5 Å². The largest absolute Gasteiger partial charge is 0.493 e. The smallest absolute Gasteiger partial charge is 0.179 e. The Morgan fingerprint density at radius 3 is 2.90 bits per heavy atom. The van der Waals surface area contributed by atoms with Gasteiger partial charge < -0.3 is 15.0 Å². The first-order chi connectivity index (χ1) is 10.2. The molecule has 5 nitrogen and oxygen atoms in total. The average molecular weight is 282 g/mol. The molecule has 21 heavy (non-hydrogen) atoms. The second-order valence-electron chi connectivity index (χ2n) is 4.92. The molecule has 0 aliphatic carbocycles. The van der Waals surface area contributed by atoms with Gasteiger partial charge in [-0.3, -0.25) is 0 Å². The van der Waals surface area contributed by atoms with E-state index in [9.17, 15) is 0 Å². The number of rotatable bonds is 5. The van der Waals surface area contributed by atoms with Crippen LogP contribution < -0.4 is 10.1 Å². The Kier molecular flexibility index (Phi) is 3.73. The molecule has 2 aromatic heterocycles. The van der Waals surface area contributed by atoms with Crippen molar-refractivity contribution >= 4 is 17.0 Å². The van der Waals surface area contributed by atoms with Crippen LogP contribution in [0.15, 0.2) is 36.4 Å². The molecule has 2 heterocycles. The number of aromatic amines is 1. The summed E-state index contributed by atoms with van der Waals surface area (Å²) in [5.74, 6) is 2.59. The maximum absolute atomic E-state index is 5.74. The lowest BCUT2D eigenvalue weighted by atomic mass is 10.2. The average Bonchev–Trinajstić information content (AvgIpc) is 2.89. The minimum absolute atomic E-state index is 0.585. The Labute approximate surface area is 123 Å². The van der Waals surface area contributed by atoms with Crippen LogP contribution in [0.1, 0.15) is 11.4 Å². The van der Waals surface area contributed by atoms with E-state index >= 15 is 0 Å². The topological polar surface area (TPSA) is 62.8 Å². The van der Waals surface area contributed by atoms with E-state index in [0.717, 1.165) is 35.0 Å². The van der Waals surface area contributed by atoms with Gasteiger partial charge in [-0.25, -0.2) is 9.97 Å². The van der Waals surface area contributed by atoms with Crippen molar-refractivity contribution in [2.75, 3.05) is 19.0 Å². The third-order valence-corrected chi connectivity index (χ3v) is 3.25. The van der Waals surface area contributed by atoms with Crippen molar-refractivity contribution in [3.8, 4) is 5.75 Å². The number of H-pyrrole nitrogens is 1. The number of ether oxygens (including phenoxy) is 1. The lowest BCUT2D eigenvalue weighted by Crippen LogP contribution is -2.02. The fourth-order valence-electron chi connectivity index (χ4n) is 2.17. The van der Waals surface area contributed by atoms with Crippen LogP contribution in [0.5, 0.6) is 5.75 Å². The van der Waals surface area contributed by atoms with Crippen molar-refractivity contribution in [1.82, 2.24) is 15.0 Å². The van der Waals surface area contributed by atoms with Crippen molar-refractivity contribution in [3.63, 3.8) is 0 Å². The van der Waals surface area contributed by atoms with Crippen LogP contribution in [0.25, 0.3) is 11.2 Å². The summed E-state index contributed by atoms with van der Waals surface area (Å²) in [7, 11) is 1.84. The highest BCUT2D eigenvalue weighted by molar-refractivity contribution is 5.72. The minimum atomic E-state index is 0.585. The predicted molar refractivity (Wildman–Crippen MR) is 83.8 cm³/mol. The fourth-order valence-corrected chi connectivity index (χ4v) is 2.17. The molecule has 0 bridgehead atoms. The van der Waals surface area contributed by atoms with E-state index in [0.29, 0.717) is 6.61 Å². The monoisotopic (exact) mass is 282 g/mol. The van der Waals surface area contributed by atoms with Gasteiger partial charge in [-0.1, -0.05) is 12.1 Å². The van der Waals surface area contributed by atoms with E-state index in [1.165, 1.54) is 5.56 Å². The molecule has 2 N–H and O–H groups in total. The number of aryl methyl sites for hydroxylation is 1. The van der Waals surface area contributed by atoms with E-state index < -0.39 is 0 Å². The Morgan fingerprint density at radius 1 is 1.19 bits per heavy atom. The number of anilines is 1. The summed E-state index contributed by atoms with van der Waals surface area (Å²) in [5, 5.41) is 3.01. The minimum Gasteiger partial charge on any atom is -0.493 e. The number of imidazole rings is 1. The van der Waals surface area contributed by atoms with Crippen LogP contribution in [-0.4, -0.2) is 28.6 Å². The van der Waals surface area contributed by atoms with E-state index in [1.807, 2.05) is 37.4 Å². The number of hydrogen-bond donors (Lipinski definition) is 2. The van der Waals surface area contributed by atoms with Gasteiger partial charge in [0.1, 0.15) is 17.4 Å². The lowest BCUT2D eigenvalue weighted by Gasteiger charge is -2.05. The maximum atomic E-state index is 5.74. The molecular weight excluding hydrogens is 264 g/mol. The molecule has 0 fully saturated rings. The first-order valence-corrected chi connectivity index (χ1v) is 6.97. The number of nitrogens with one attached hydrogen (secondary N) is 2. The zero-order chi connectivity index (χ0) is 14.7. The first-order valence-electron chi connectivity index (χ1n) is 6.97. The highest BCUT2D eigenvalue weighted by atomic mass is 16.5. The molecule has 108 valence electrons. The molecule has 0 aliphatic rings. The normalized spacial score (nSPS) is 10.8. The van der Waals surface area contributed by atoms with Crippen molar-refractivity contribution < 1.29 is 4.74 Å². The summed E-state index contributed by atoms with van der Waals surface area (Å²) >= 11 is 0. The van der Waals surface area contributed by atoms with Crippen molar-refractivity contribution in [2.24, 2.45) is 0 Å². The van der Waals surface area contributed by atoms with Crippen LogP contribution in [0.3, 0.4) is 0 Å². The van der Waals surface area contributed by atoms with Crippen molar-refractivity contribution in [3.05, 3.63) is 47.8 Å². The molecule has 0 spiro atoms. The molecule has 0 saturated heterocycles. The highest BCUT2D eigenvalue weighted by Gasteiger charge is 2.05. The molecule has 1 aromatic carbocycles. The third kappa shape index (κ3) is 3.13. The van der Waals surface area contributed by atoms with Crippen LogP contribution >= 0.6 is 0 Å². The van der Waals surface area contributed by atoms with E-state index in [2.05, 4.69) is 33.3 Å². The number of benzene rings is 1. The summed E-state index contributed by atoms with van der Waals surface area (Å²) in [6, 6.07) is 11.9. The van der Waals surface area contributed by atoms with Crippen LogP contribution in [0, 0.1) is 6.92 Å². The fraction of sp³-hybridized carbons (Fsp3) is 0.250. The molecule has 0 aliphatic heterocycles. The SMILES string of the molecule is CNc1ccc2[nH]c(CCOc3cccc(C)c3)nc2n1. The number of nitrogens with zero attached hydrogens (tertiary/aromatic N) is 2. The highest BCUT2D eigenvalue weighted by Crippen LogP contribution is 2.14. The Morgan fingerprint density at radius 2 is 2.10 bits per heavy atom. The molecule has 0 radical (unpaired) electrons. The molecule has 5 heteroatoms. The third-order valence-electron chi connectivity index (χ3n) is 3.25. The van der Waals surface area contributed by atoms with E-state index in [1.54, 1.807) is 0 Å². The van der Waals surface area contributed by atoms with Gasteiger partial charge in [-0.15, -0.1) is 0 Å².